The Kier molecular flexibility index (Phi) is 7.96. The molecule has 1 saturated carbocycles. The molecule has 4 N–H and O–H groups in total. The van der Waals surface area contributed by atoms with Gasteiger partial charge < -0.3 is 20.9 Å². The van der Waals surface area contributed by atoms with Crippen molar-refractivity contribution in [2.24, 2.45) is 4.99 Å². The van der Waals surface area contributed by atoms with E-state index in [-0.39, 0.29) is 5.91 Å². The van der Waals surface area contributed by atoms with Crippen LogP contribution >= 0.6 is 0 Å². The summed E-state index contributed by atoms with van der Waals surface area (Å²) in [4.78, 5) is 20.1. The minimum absolute atomic E-state index is 0.116. The first-order valence-corrected chi connectivity index (χ1v) is 11.0. The van der Waals surface area contributed by atoms with Gasteiger partial charge in [-0.15, -0.1) is 0 Å². The molecule has 0 spiro atoms. The molecule has 0 unspecified atom stereocenters. The zero-order valence-corrected chi connectivity index (χ0v) is 17.8. The van der Waals surface area contributed by atoms with E-state index in [2.05, 4.69) is 64.2 Å². The van der Waals surface area contributed by atoms with Gasteiger partial charge in [-0.1, -0.05) is 31.4 Å². The molecule has 0 aliphatic heterocycles. The predicted molar refractivity (Wildman–Crippen MR) is 120 cm³/mol. The lowest BCUT2D eigenvalue weighted by Crippen LogP contribution is -2.39. The number of hydrogen-bond acceptors (Lipinski definition) is 2. The van der Waals surface area contributed by atoms with E-state index < -0.39 is 0 Å². The second-order valence-corrected chi connectivity index (χ2v) is 7.95. The predicted octanol–water partition coefficient (Wildman–Crippen LogP) is 3.41. The second-order valence-electron chi connectivity index (χ2n) is 7.95. The Morgan fingerprint density at radius 2 is 2.03 bits per heavy atom. The zero-order valence-electron chi connectivity index (χ0n) is 17.8. The Balaban J connectivity index is 1.44. The standard InChI is InChI=1S/C23H35N5O/c1-3-24-23(26-14-12-22(29)28-19-7-5-4-6-8-19)25-13-11-18-16-27-21-15-17(2)9-10-20(18)21/h9-10,15-16,19,27H,3-8,11-14H2,1-2H3,(H,28,29)(H2,24,25,26). The number of aryl methyl sites for hydroxylation is 1. The largest absolute Gasteiger partial charge is 0.361 e. The van der Waals surface area contributed by atoms with E-state index in [1.807, 2.05) is 0 Å². The third-order valence-electron chi connectivity index (χ3n) is 5.53. The lowest BCUT2D eigenvalue weighted by atomic mass is 9.95. The lowest BCUT2D eigenvalue weighted by Gasteiger charge is -2.22. The van der Waals surface area contributed by atoms with Crippen LogP contribution in [0.2, 0.25) is 0 Å². The number of nitrogens with one attached hydrogen (secondary N) is 4. The van der Waals surface area contributed by atoms with Crippen molar-refractivity contribution in [3.05, 3.63) is 35.5 Å². The molecule has 6 heteroatoms. The third-order valence-corrected chi connectivity index (χ3v) is 5.53. The molecule has 0 atom stereocenters. The smallest absolute Gasteiger partial charge is 0.222 e. The number of rotatable bonds is 8. The average molecular weight is 398 g/mol. The number of guanidine groups is 1. The van der Waals surface area contributed by atoms with E-state index in [1.54, 1.807) is 0 Å². The highest BCUT2D eigenvalue weighted by atomic mass is 16.1. The summed E-state index contributed by atoms with van der Waals surface area (Å²) < 4.78 is 0. The van der Waals surface area contributed by atoms with Crippen molar-refractivity contribution < 1.29 is 4.79 Å². The van der Waals surface area contributed by atoms with Crippen molar-refractivity contribution in [1.82, 2.24) is 20.9 Å². The molecular weight excluding hydrogens is 362 g/mol. The van der Waals surface area contributed by atoms with Crippen molar-refractivity contribution in [3.8, 4) is 0 Å². The number of benzene rings is 1. The molecule has 158 valence electrons. The Bertz CT molecular complexity index is 820. The number of nitrogens with zero attached hydrogens (tertiary/aromatic N) is 1. The Labute approximate surface area is 173 Å². The van der Waals surface area contributed by atoms with Gasteiger partial charge in [0.1, 0.15) is 0 Å². The minimum atomic E-state index is 0.116. The summed E-state index contributed by atoms with van der Waals surface area (Å²) in [7, 11) is 0. The molecule has 1 aromatic carbocycles. The lowest BCUT2D eigenvalue weighted by molar-refractivity contribution is -0.121. The molecule has 29 heavy (non-hydrogen) atoms. The van der Waals surface area contributed by atoms with Gasteiger partial charge in [-0.3, -0.25) is 9.79 Å². The first-order valence-electron chi connectivity index (χ1n) is 11.0. The molecule has 0 radical (unpaired) electrons. The number of aromatic nitrogens is 1. The van der Waals surface area contributed by atoms with Crippen LogP contribution in [-0.4, -0.2) is 42.5 Å². The van der Waals surface area contributed by atoms with Crippen molar-refractivity contribution in [3.63, 3.8) is 0 Å². The first-order chi connectivity index (χ1) is 14.2. The van der Waals surface area contributed by atoms with Crippen molar-refractivity contribution in [2.45, 2.75) is 64.8 Å². The van der Waals surface area contributed by atoms with Crippen LogP contribution in [0, 0.1) is 6.92 Å². The maximum Gasteiger partial charge on any atom is 0.222 e. The molecule has 1 aliphatic carbocycles. The SMILES string of the molecule is CCNC(=NCCC(=O)NC1CCCCC1)NCCc1c[nH]c2cc(C)ccc12. The van der Waals surface area contributed by atoms with E-state index in [1.165, 1.54) is 41.3 Å². The fourth-order valence-electron chi connectivity index (χ4n) is 3.98. The summed E-state index contributed by atoms with van der Waals surface area (Å²) in [6, 6.07) is 6.87. The van der Waals surface area contributed by atoms with Gasteiger partial charge in [-0.2, -0.15) is 0 Å². The fourth-order valence-corrected chi connectivity index (χ4v) is 3.98. The normalized spacial score (nSPS) is 15.4. The summed E-state index contributed by atoms with van der Waals surface area (Å²) >= 11 is 0. The molecule has 3 rings (SSSR count). The highest BCUT2D eigenvalue weighted by Gasteiger charge is 2.15. The number of aliphatic imine (C=N–C) groups is 1. The summed E-state index contributed by atoms with van der Waals surface area (Å²) in [6.45, 7) is 6.25. The van der Waals surface area contributed by atoms with Crippen LogP contribution in [0.5, 0.6) is 0 Å². The van der Waals surface area contributed by atoms with Gasteiger partial charge in [0.2, 0.25) is 5.91 Å². The Hall–Kier alpha value is -2.50. The van der Waals surface area contributed by atoms with Gasteiger partial charge in [0.25, 0.3) is 0 Å². The summed E-state index contributed by atoms with van der Waals surface area (Å²) in [5, 5.41) is 11.1. The van der Waals surface area contributed by atoms with Gasteiger partial charge in [0.15, 0.2) is 5.96 Å². The van der Waals surface area contributed by atoms with Crippen molar-refractivity contribution in [1.29, 1.82) is 0 Å². The van der Waals surface area contributed by atoms with Crippen molar-refractivity contribution >= 4 is 22.8 Å². The van der Waals surface area contributed by atoms with Crippen LogP contribution in [0.4, 0.5) is 0 Å². The average Bonchev–Trinajstić information content (AvgIpc) is 3.10. The van der Waals surface area contributed by atoms with Crippen LogP contribution in [0.3, 0.4) is 0 Å². The monoisotopic (exact) mass is 397 g/mol. The number of carbonyl (C=O) groups is 1. The van der Waals surface area contributed by atoms with E-state index >= 15 is 0 Å². The zero-order chi connectivity index (χ0) is 20.5. The maximum atomic E-state index is 12.1. The number of carbonyl (C=O) groups excluding carboxylic acids is 1. The molecule has 1 aliphatic rings. The van der Waals surface area contributed by atoms with Gasteiger partial charge in [0, 0.05) is 42.7 Å². The summed E-state index contributed by atoms with van der Waals surface area (Å²) in [6.07, 6.45) is 9.43. The number of H-pyrrole nitrogens is 1. The van der Waals surface area contributed by atoms with E-state index in [0.717, 1.165) is 38.3 Å². The summed E-state index contributed by atoms with van der Waals surface area (Å²) in [5.74, 6) is 0.888. The molecule has 1 amide bonds. The molecule has 0 saturated heterocycles. The summed E-state index contributed by atoms with van der Waals surface area (Å²) in [5.41, 5.74) is 3.75. The van der Waals surface area contributed by atoms with Crippen LogP contribution in [0.25, 0.3) is 10.9 Å². The van der Waals surface area contributed by atoms with Crippen LogP contribution in [0.15, 0.2) is 29.4 Å². The third kappa shape index (κ3) is 6.51. The molecule has 0 bridgehead atoms. The van der Waals surface area contributed by atoms with Crippen molar-refractivity contribution in [2.75, 3.05) is 19.6 Å². The molecule has 1 aromatic heterocycles. The second kappa shape index (κ2) is 10.9. The highest BCUT2D eigenvalue weighted by molar-refractivity contribution is 5.84. The van der Waals surface area contributed by atoms with E-state index in [9.17, 15) is 4.79 Å². The number of amides is 1. The first kappa shape index (κ1) is 21.2. The number of aromatic amines is 1. The van der Waals surface area contributed by atoms with Gasteiger partial charge in [-0.05, 0) is 50.3 Å². The Morgan fingerprint density at radius 1 is 1.21 bits per heavy atom. The van der Waals surface area contributed by atoms with Gasteiger partial charge >= 0.3 is 0 Å². The maximum absolute atomic E-state index is 12.1. The van der Waals surface area contributed by atoms with Gasteiger partial charge in [0.05, 0.1) is 6.54 Å². The van der Waals surface area contributed by atoms with Gasteiger partial charge in [-0.25, -0.2) is 0 Å². The van der Waals surface area contributed by atoms with Crippen LogP contribution in [-0.2, 0) is 11.2 Å². The van der Waals surface area contributed by atoms with Crippen LogP contribution < -0.4 is 16.0 Å². The quantitative estimate of drug-likeness (QED) is 0.407. The Morgan fingerprint density at radius 3 is 2.83 bits per heavy atom. The number of hydrogen-bond donors (Lipinski definition) is 4. The highest BCUT2D eigenvalue weighted by Crippen LogP contribution is 2.19. The molecule has 2 aromatic rings. The van der Waals surface area contributed by atoms with E-state index in [4.69, 9.17) is 0 Å². The molecule has 6 nitrogen and oxygen atoms in total. The minimum Gasteiger partial charge on any atom is -0.361 e. The molecule has 1 heterocycles. The molecule has 1 fully saturated rings. The van der Waals surface area contributed by atoms with E-state index in [0.29, 0.717) is 19.0 Å². The topological polar surface area (TPSA) is 81.3 Å². The fraction of sp³-hybridized carbons (Fsp3) is 0.565. The number of fused-ring (bicyclic) bond motifs is 1. The van der Waals surface area contributed by atoms with Crippen LogP contribution in [0.1, 0.15) is 56.6 Å². The molecular formula is C23H35N5O.